The molecule has 0 unspecified atom stereocenters. The minimum Gasteiger partial charge on any atom is -0.497 e. The van der Waals surface area contributed by atoms with Gasteiger partial charge in [-0.15, -0.1) is 0 Å². The van der Waals surface area contributed by atoms with Crippen molar-refractivity contribution in [3.05, 3.63) is 29.8 Å². The summed E-state index contributed by atoms with van der Waals surface area (Å²) in [6.07, 6.45) is 8.21. The van der Waals surface area contributed by atoms with E-state index in [4.69, 9.17) is 4.74 Å². The Bertz CT molecular complexity index is 719. The number of carbonyl (C=O) groups is 2. The highest BCUT2D eigenvalue weighted by atomic mass is 16.5. The third-order valence-electron chi connectivity index (χ3n) is 6.70. The lowest BCUT2D eigenvalue weighted by Crippen LogP contribution is -2.45. The Balaban J connectivity index is 1.43. The van der Waals surface area contributed by atoms with Crippen molar-refractivity contribution in [1.82, 2.24) is 10.2 Å². The van der Waals surface area contributed by atoms with Crippen LogP contribution < -0.4 is 10.1 Å². The summed E-state index contributed by atoms with van der Waals surface area (Å²) >= 11 is 0. The molecule has 1 N–H and O–H groups in total. The van der Waals surface area contributed by atoms with E-state index in [1.165, 1.54) is 19.3 Å². The molecule has 1 saturated carbocycles. The van der Waals surface area contributed by atoms with Crippen LogP contribution in [-0.2, 0) is 16.0 Å². The summed E-state index contributed by atoms with van der Waals surface area (Å²) in [5, 5.41) is 3.20. The molecule has 3 atom stereocenters. The third-order valence-corrected chi connectivity index (χ3v) is 6.70. The van der Waals surface area contributed by atoms with Gasteiger partial charge in [0.05, 0.1) is 7.11 Å². The number of ether oxygens (including phenoxy) is 1. The first-order chi connectivity index (χ1) is 13.1. The highest BCUT2D eigenvalue weighted by Gasteiger charge is 2.41. The van der Waals surface area contributed by atoms with Crippen LogP contribution in [0.3, 0.4) is 0 Å². The number of hydrogen-bond donors (Lipinski definition) is 1. The largest absolute Gasteiger partial charge is 0.497 e. The van der Waals surface area contributed by atoms with E-state index in [2.05, 4.69) is 16.3 Å². The van der Waals surface area contributed by atoms with Gasteiger partial charge in [0.2, 0.25) is 11.8 Å². The zero-order chi connectivity index (χ0) is 18.9. The summed E-state index contributed by atoms with van der Waals surface area (Å²) < 4.78 is 5.33. The number of nitrogens with one attached hydrogen (secondary N) is 1. The zero-order valence-corrected chi connectivity index (χ0v) is 16.2. The number of nitrogens with zero attached hydrogens (tertiary/aromatic N) is 1. The number of carbonyl (C=O) groups excluding carboxylic acids is 2. The number of methoxy groups -OCH3 is 1. The lowest BCUT2D eigenvalue weighted by molar-refractivity contribution is -0.132. The zero-order valence-electron chi connectivity index (χ0n) is 16.2. The number of fused-ring (bicyclic) bond motifs is 2. The Labute approximate surface area is 161 Å². The molecule has 146 valence electrons. The van der Waals surface area contributed by atoms with Crippen molar-refractivity contribution < 1.29 is 14.3 Å². The van der Waals surface area contributed by atoms with Crippen molar-refractivity contribution in [2.45, 2.75) is 69.4 Å². The SMILES string of the molecule is COc1cccc(C[C@]2(CCC(=O)N3C[C@@H]4CCC[C@@H]3C4)CCC(=O)N2)c1. The molecule has 2 aliphatic heterocycles. The van der Waals surface area contributed by atoms with Gasteiger partial charge >= 0.3 is 0 Å². The Hall–Kier alpha value is -2.04. The van der Waals surface area contributed by atoms with Gasteiger partial charge in [-0.2, -0.15) is 0 Å². The van der Waals surface area contributed by atoms with Crippen LogP contribution in [0.2, 0.25) is 0 Å². The molecular weight excluding hydrogens is 340 g/mol. The van der Waals surface area contributed by atoms with Crippen LogP contribution in [0.25, 0.3) is 0 Å². The van der Waals surface area contributed by atoms with Gasteiger partial charge in [-0.05, 0) is 62.1 Å². The van der Waals surface area contributed by atoms with Gasteiger partial charge in [0, 0.05) is 31.0 Å². The Morgan fingerprint density at radius 2 is 2.26 bits per heavy atom. The molecule has 1 aromatic carbocycles. The molecule has 5 nitrogen and oxygen atoms in total. The number of hydrogen-bond acceptors (Lipinski definition) is 3. The van der Waals surface area contributed by atoms with Gasteiger partial charge < -0.3 is 15.0 Å². The van der Waals surface area contributed by atoms with E-state index in [9.17, 15) is 9.59 Å². The monoisotopic (exact) mass is 370 g/mol. The van der Waals surface area contributed by atoms with Gasteiger partial charge in [0.1, 0.15) is 5.75 Å². The first-order valence-corrected chi connectivity index (χ1v) is 10.3. The van der Waals surface area contributed by atoms with E-state index in [-0.39, 0.29) is 17.4 Å². The third kappa shape index (κ3) is 3.97. The first kappa shape index (κ1) is 18.3. The fourth-order valence-electron chi connectivity index (χ4n) is 5.29. The summed E-state index contributed by atoms with van der Waals surface area (Å²) in [6, 6.07) is 8.47. The molecule has 3 aliphatic rings. The molecule has 2 heterocycles. The molecule has 2 amide bonds. The van der Waals surface area contributed by atoms with Crippen LogP contribution in [0.15, 0.2) is 24.3 Å². The van der Waals surface area contributed by atoms with Crippen LogP contribution in [-0.4, -0.2) is 41.9 Å². The molecule has 3 fully saturated rings. The molecule has 2 saturated heterocycles. The topological polar surface area (TPSA) is 58.6 Å². The number of amides is 2. The van der Waals surface area contributed by atoms with Gasteiger partial charge in [-0.1, -0.05) is 18.6 Å². The Kier molecular flexibility index (Phi) is 5.11. The average Bonchev–Trinajstić information content (AvgIpc) is 3.19. The molecule has 0 aromatic heterocycles. The van der Waals surface area contributed by atoms with E-state index >= 15 is 0 Å². The van der Waals surface area contributed by atoms with Crippen molar-refractivity contribution in [2.24, 2.45) is 5.92 Å². The predicted octanol–water partition coefficient (Wildman–Crippen LogP) is 3.07. The van der Waals surface area contributed by atoms with Crippen molar-refractivity contribution >= 4 is 11.8 Å². The molecule has 4 rings (SSSR count). The second-order valence-corrected chi connectivity index (χ2v) is 8.59. The first-order valence-electron chi connectivity index (χ1n) is 10.3. The lowest BCUT2D eigenvalue weighted by atomic mass is 9.84. The minimum atomic E-state index is -0.312. The van der Waals surface area contributed by atoms with Crippen LogP contribution in [0.5, 0.6) is 5.75 Å². The summed E-state index contributed by atoms with van der Waals surface area (Å²) in [6.45, 7) is 0.943. The number of rotatable bonds is 6. The van der Waals surface area contributed by atoms with Crippen LogP contribution in [0, 0.1) is 5.92 Å². The predicted molar refractivity (Wildman–Crippen MR) is 103 cm³/mol. The quantitative estimate of drug-likeness (QED) is 0.837. The summed E-state index contributed by atoms with van der Waals surface area (Å²) in [5.41, 5.74) is 0.828. The Morgan fingerprint density at radius 1 is 1.37 bits per heavy atom. The lowest BCUT2D eigenvalue weighted by Gasteiger charge is -2.31. The van der Waals surface area contributed by atoms with Crippen LogP contribution in [0.1, 0.15) is 56.9 Å². The van der Waals surface area contributed by atoms with Gasteiger partial charge in [-0.25, -0.2) is 0 Å². The van der Waals surface area contributed by atoms with Crippen molar-refractivity contribution in [3.63, 3.8) is 0 Å². The molecule has 0 spiro atoms. The maximum Gasteiger partial charge on any atom is 0.222 e. The van der Waals surface area contributed by atoms with E-state index in [1.807, 2.05) is 18.2 Å². The smallest absolute Gasteiger partial charge is 0.222 e. The maximum absolute atomic E-state index is 12.9. The summed E-state index contributed by atoms with van der Waals surface area (Å²) in [5.74, 6) is 1.91. The second-order valence-electron chi connectivity index (χ2n) is 8.59. The number of benzene rings is 1. The molecule has 1 aliphatic carbocycles. The van der Waals surface area contributed by atoms with E-state index in [0.717, 1.165) is 37.1 Å². The molecule has 5 heteroatoms. The number of likely N-dealkylation sites (tertiary alicyclic amines) is 1. The van der Waals surface area contributed by atoms with Gasteiger partial charge in [0.15, 0.2) is 0 Å². The van der Waals surface area contributed by atoms with Crippen LogP contribution >= 0.6 is 0 Å². The van der Waals surface area contributed by atoms with Crippen molar-refractivity contribution in [2.75, 3.05) is 13.7 Å². The molecule has 0 radical (unpaired) electrons. The van der Waals surface area contributed by atoms with Crippen molar-refractivity contribution in [1.29, 1.82) is 0 Å². The highest BCUT2D eigenvalue weighted by Crippen LogP contribution is 2.37. The molecule has 2 bridgehead atoms. The summed E-state index contributed by atoms with van der Waals surface area (Å²) in [4.78, 5) is 27.0. The van der Waals surface area contributed by atoms with E-state index < -0.39 is 0 Å². The fourth-order valence-corrected chi connectivity index (χ4v) is 5.29. The Morgan fingerprint density at radius 3 is 3.00 bits per heavy atom. The van der Waals surface area contributed by atoms with Crippen LogP contribution in [0.4, 0.5) is 0 Å². The standard InChI is InChI=1S/C22H30N2O3/c1-27-19-7-3-4-16(13-19)14-22(10-8-20(25)23-22)11-9-21(26)24-15-17-5-2-6-18(24)12-17/h3-4,7,13,17-18H,2,5-6,8-12,14-15H2,1H3,(H,23,25)/t17-,18-,22-/m1/s1. The highest BCUT2D eigenvalue weighted by molar-refractivity contribution is 5.80. The second kappa shape index (κ2) is 7.53. The fraction of sp³-hybridized carbons (Fsp3) is 0.636. The maximum atomic E-state index is 12.9. The molecular formula is C22H30N2O3. The minimum absolute atomic E-state index is 0.0994. The van der Waals surface area contributed by atoms with E-state index in [1.54, 1.807) is 7.11 Å². The average molecular weight is 370 g/mol. The van der Waals surface area contributed by atoms with E-state index in [0.29, 0.717) is 31.2 Å². The normalized spacial score (nSPS) is 29.7. The summed E-state index contributed by atoms with van der Waals surface area (Å²) in [7, 11) is 1.66. The van der Waals surface area contributed by atoms with Gasteiger partial charge in [-0.3, -0.25) is 9.59 Å². The molecule has 27 heavy (non-hydrogen) atoms. The molecule has 1 aromatic rings. The van der Waals surface area contributed by atoms with Crippen molar-refractivity contribution in [3.8, 4) is 5.75 Å². The van der Waals surface area contributed by atoms with Gasteiger partial charge in [0.25, 0.3) is 0 Å².